The number of benzene rings is 1. The summed E-state index contributed by atoms with van der Waals surface area (Å²) in [6, 6.07) is 9.79. The van der Waals surface area contributed by atoms with E-state index in [1.807, 2.05) is 0 Å². The fourth-order valence-electron chi connectivity index (χ4n) is 3.02. The molecular weight excluding hydrogens is 400 g/mol. The van der Waals surface area contributed by atoms with Crippen molar-refractivity contribution in [2.45, 2.75) is 30.6 Å². The van der Waals surface area contributed by atoms with E-state index in [4.69, 9.17) is 11.6 Å². The van der Waals surface area contributed by atoms with Crippen molar-refractivity contribution >= 4 is 39.0 Å². The van der Waals surface area contributed by atoms with Crippen LogP contribution in [0.2, 0.25) is 5.02 Å². The molecule has 0 bridgehead atoms. The van der Waals surface area contributed by atoms with Gasteiger partial charge < -0.3 is 10.6 Å². The van der Waals surface area contributed by atoms with Gasteiger partial charge in [-0.2, -0.15) is 4.31 Å². The number of nitrogens with zero attached hydrogens (tertiary/aromatic N) is 2. The molecule has 0 unspecified atom stereocenters. The highest BCUT2D eigenvalue weighted by atomic mass is 35.5. The first kappa shape index (κ1) is 20.6. The molecule has 150 valence electrons. The van der Waals surface area contributed by atoms with E-state index in [2.05, 4.69) is 15.6 Å². The molecule has 3 rings (SSSR count). The predicted molar refractivity (Wildman–Crippen MR) is 110 cm³/mol. The zero-order valence-corrected chi connectivity index (χ0v) is 17.0. The molecule has 7 nitrogen and oxygen atoms in total. The fraction of sp³-hybridized carbons (Fsp3) is 0.368. The first-order chi connectivity index (χ1) is 13.4. The molecule has 9 heteroatoms. The maximum atomic E-state index is 12.9. The standard InChI is InChI=1S/C19H23ClN4O3S/c20-15-8-9-18(22-13-15)23-19(25)14-21-16-6-5-7-17(12-16)28(26,27)24-10-3-1-2-4-11-24/h5-9,12-13,21H,1-4,10-11,14H2,(H,22,23,25). The molecule has 1 aliphatic rings. The summed E-state index contributed by atoms with van der Waals surface area (Å²) >= 11 is 5.77. The maximum Gasteiger partial charge on any atom is 0.244 e. The van der Waals surface area contributed by atoms with Crippen LogP contribution in [0, 0.1) is 0 Å². The van der Waals surface area contributed by atoms with Gasteiger partial charge in [0.1, 0.15) is 5.82 Å². The second kappa shape index (κ2) is 9.36. The topological polar surface area (TPSA) is 91.4 Å². The third kappa shape index (κ3) is 5.43. The highest BCUT2D eigenvalue weighted by Gasteiger charge is 2.25. The van der Waals surface area contributed by atoms with Gasteiger partial charge in [-0.25, -0.2) is 13.4 Å². The molecule has 0 saturated carbocycles. The molecule has 1 aliphatic heterocycles. The van der Waals surface area contributed by atoms with Crippen LogP contribution in [-0.2, 0) is 14.8 Å². The molecule has 2 aromatic rings. The summed E-state index contributed by atoms with van der Waals surface area (Å²) in [5.41, 5.74) is 0.565. The van der Waals surface area contributed by atoms with E-state index in [0.29, 0.717) is 29.6 Å². The van der Waals surface area contributed by atoms with Gasteiger partial charge in [0.15, 0.2) is 0 Å². The lowest BCUT2D eigenvalue weighted by Crippen LogP contribution is -2.32. The zero-order valence-electron chi connectivity index (χ0n) is 15.4. The van der Waals surface area contributed by atoms with Crippen molar-refractivity contribution in [1.29, 1.82) is 0 Å². The number of rotatable bonds is 6. The molecule has 0 aliphatic carbocycles. The van der Waals surface area contributed by atoms with Crippen LogP contribution in [0.25, 0.3) is 0 Å². The van der Waals surface area contributed by atoms with E-state index >= 15 is 0 Å². The Balaban J connectivity index is 1.62. The molecule has 0 spiro atoms. The minimum Gasteiger partial charge on any atom is -0.376 e. The van der Waals surface area contributed by atoms with Gasteiger partial charge in [-0.1, -0.05) is 30.5 Å². The summed E-state index contributed by atoms with van der Waals surface area (Å²) in [6.45, 7) is 1.09. The van der Waals surface area contributed by atoms with E-state index < -0.39 is 10.0 Å². The lowest BCUT2D eigenvalue weighted by Gasteiger charge is -2.20. The van der Waals surface area contributed by atoms with Gasteiger partial charge in [0.25, 0.3) is 0 Å². The fourth-order valence-corrected chi connectivity index (χ4v) is 4.69. The zero-order chi connectivity index (χ0) is 20.0. The second-order valence-corrected chi connectivity index (χ2v) is 8.98. The normalized spacial score (nSPS) is 15.6. The van der Waals surface area contributed by atoms with E-state index in [-0.39, 0.29) is 17.3 Å². The summed E-state index contributed by atoms with van der Waals surface area (Å²) in [5.74, 6) is 0.101. The molecular formula is C19H23ClN4O3S. The monoisotopic (exact) mass is 422 g/mol. The minimum absolute atomic E-state index is 0.0163. The highest BCUT2D eigenvalue weighted by molar-refractivity contribution is 7.89. The van der Waals surface area contributed by atoms with Crippen LogP contribution in [-0.4, -0.2) is 43.2 Å². The molecule has 2 heterocycles. The summed E-state index contributed by atoms with van der Waals surface area (Å²) in [7, 11) is -3.53. The molecule has 0 atom stereocenters. The number of sulfonamides is 1. The van der Waals surface area contributed by atoms with Crippen LogP contribution in [0.4, 0.5) is 11.5 Å². The van der Waals surface area contributed by atoms with Crippen molar-refractivity contribution in [3.63, 3.8) is 0 Å². The average Bonchev–Trinajstić information content (AvgIpc) is 2.99. The van der Waals surface area contributed by atoms with Gasteiger partial charge in [0, 0.05) is 25.0 Å². The number of pyridine rings is 1. The smallest absolute Gasteiger partial charge is 0.244 e. The largest absolute Gasteiger partial charge is 0.376 e. The SMILES string of the molecule is O=C(CNc1cccc(S(=O)(=O)N2CCCCCC2)c1)Nc1ccc(Cl)cn1. The van der Waals surface area contributed by atoms with E-state index in [1.165, 1.54) is 6.20 Å². The highest BCUT2D eigenvalue weighted by Crippen LogP contribution is 2.22. The summed E-state index contributed by atoms with van der Waals surface area (Å²) in [4.78, 5) is 16.3. The molecule has 28 heavy (non-hydrogen) atoms. The number of anilines is 2. The lowest BCUT2D eigenvalue weighted by atomic mass is 10.2. The van der Waals surface area contributed by atoms with Crippen LogP contribution in [0.1, 0.15) is 25.7 Å². The Morgan fingerprint density at radius 2 is 1.86 bits per heavy atom. The molecule has 1 aromatic heterocycles. The van der Waals surface area contributed by atoms with Crippen LogP contribution in [0.3, 0.4) is 0 Å². The predicted octanol–water partition coefficient (Wildman–Crippen LogP) is 3.35. The Kier molecular flexibility index (Phi) is 6.88. The number of aromatic nitrogens is 1. The molecule has 1 saturated heterocycles. The summed E-state index contributed by atoms with van der Waals surface area (Å²) in [5, 5.41) is 6.08. The van der Waals surface area contributed by atoms with E-state index in [1.54, 1.807) is 40.7 Å². The molecule has 1 amide bonds. The van der Waals surface area contributed by atoms with Gasteiger partial charge in [-0.15, -0.1) is 0 Å². The van der Waals surface area contributed by atoms with Crippen molar-refractivity contribution < 1.29 is 13.2 Å². The van der Waals surface area contributed by atoms with Gasteiger partial charge in [-0.3, -0.25) is 4.79 Å². The summed E-state index contributed by atoms with van der Waals surface area (Å²) < 4.78 is 27.4. The number of hydrogen-bond acceptors (Lipinski definition) is 5. The van der Waals surface area contributed by atoms with Crippen molar-refractivity contribution in [3.8, 4) is 0 Å². The molecule has 0 radical (unpaired) electrons. The Morgan fingerprint density at radius 3 is 2.54 bits per heavy atom. The number of carbonyl (C=O) groups excluding carboxylic acids is 1. The Hall–Kier alpha value is -2.16. The lowest BCUT2D eigenvalue weighted by molar-refractivity contribution is -0.114. The van der Waals surface area contributed by atoms with Crippen LogP contribution < -0.4 is 10.6 Å². The van der Waals surface area contributed by atoms with Crippen molar-refractivity contribution in [2.75, 3.05) is 30.3 Å². The quantitative estimate of drug-likeness (QED) is 0.744. The number of halogens is 1. The molecule has 1 fully saturated rings. The Bertz CT molecular complexity index is 911. The number of hydrogen-bond donors (Lipinski definition) is 2. The van der Waals surface area contributed by atoms with Gasteiger partial charge in [-0.05, 0) is 43.2 Å². The number of nitrogens with one attached hydrogen (secondary N) is 2. The second-order valence-electron chi connectivity index (χ2n) is 6.61. The first-order valence-corrected chi connectivity index (χ1v) is 11.0. The van der Waals surface area contributed by atoms with Crippen molar-refractivity contribution in [3.05, 3.63) is 47.6 Å². The summed E-state index contributed by atoms with van der Waals surface area (Å²) in [6.07, 6.45) is 5.34. The molecule has 1 aromatic carbocycles. The molecule has 2 N–H and O–H groups in total. The van der Waals surface area contributed by atoms with Crippen molar-refractivity contribution in [2.24, 2.45) is 0 Å². The Morgan fingerprint density at radius 1 is 1.11 bits per heavy atom. The van der Waals surface area contributed by atoms with E-state index in [0.717, 1.165) is 25.7 Å². The van der Waals surface area contributed by atoms with Crippen LogP contribution >= 0.6 is 11.6 Å². The van der Waals surface area contributed by atoms with Crippen LogP contribution in [0.15, 0.2) is 47.5 Å². The first-order valence-electron chi connectivity index (χ1n) is 9.21. The number of carbonyl (C=O) groups is 1. The van der Waals surface area contributed by atoms with E-state index in [9.17, 15) is 13.2 Å². The van der Waals surface area contributed by atoms with Gasteiger partial charge in [0.05, 0.1) is 16.5 Å². The minimum atomic E-state index is -3.53. The third-order valence-electron chi connectivity index (χ3n) is 4.48. The van der Waals surface area contributed by atoms with Crippen LogP contribution in [0.5, 0.6) is 0 Å². The maximum absolute atomic E-state index is 12.9. The average molecular weight is 423 g/mol. The Labute approximate surface area is 170 Å². The van der Waals surface area contributed by atoms with Gasteiger partial charge >= 0.3 is 0 Å². The third-order valence-corrected chi connectivity index (χ3v) is 6.60. The van der Waals surface area contributed by atoms with Gasteiger partial charge in [0.2, 0.25) is 15.9 Å². The van der Waals surface area contributed by atoms with Crippen molar-refractivity contribution in [1.82, 2.24) is 9.29 Å². The number of amides is 1.